The molecule has 6 nitrogen and oxygen atoms in total. The fraction of sp³-hybridized carbons (Fsp3) is 0.440. The molecule has 3 aromatic rings. The van der Waals surface area contributed by atoms with E-state index in [1.165, 1.54) is 5.56 Å². The van der Waals surface area contributed by atoms with Crippen LogP contribution < -0.4 is 10.2 Å². The Hall–Kier alpha value is -3.00. The zero-order valence-corrected chi connectivity index (χ0v) is 19.4. The van der Waals surface area contributed by atoms with Gasteiger partial charge in [-0.05, 0) is 43.5 Å². The number of pyridine rings is 1. The summed E-state index contributed by atoms with van der Waals surface area (Å²) in [5.74, 6) is -1.89. The summed E-state index contributed by atoms with van der Waals surface area (Å²) >= 11 is 0. The molecule has 0 bridgehead atoms. The van der Waals surface area contributed by atoms with Crippen LogP contribution in [0.5, 0.6) is 0 Å². The topological polar surface area (TPSA) is 55.2 Å². The fourth-order valence-corrected chi connectivity index (χ4v) is 4.25. The third-order valence-corrected chi connectivity index (χ3v) is 6.12. The van der Waals surface area contributed by atoms with Gasteiger partial charge in [0.1, 0.15) is 12.5 Å². The monoisotopic (exact) mass is 455 g/mol. The third-order valence-electron chi connectivity index (χ3n) is 6.12. The predicted molar refractivity (Wildman–Crippen MR) is 127 cm³/mol. The molecule has 0 atom stereocenters. The van der Waals surface area contributed by atoms with Crippen LogP contribution in [0.25, 0.3) is 11.1 Å². The number of ether oxygens (including phenoxy) is 1. The van der Waals surface area contributed by atoms with Crippen molar-refractivity contribution in [3.8, 4) is 11.1 Å². The first-order valence-electron chi connectivity index (χ1n) is 11.3. The van der Waals surface area contributed by atoms with Gasteiger partial charge in [-0.15, -0.1) is 0 Å². The number of anilines is 2. The van der Waals surface area contributed by atoms with Crippen LogP contribution in [0.4, 0.5) is 20.3 Å². The van der Waals surface area contributed by atoms with Crippen LogP contribution >= 0.6 is 0 Å². The largest absolute Gasteiger partial charge is 0.363 e. The number of nitrogens with one attached hydrogen (secondary N) is 1. The molecule has 1 aliphatic heterocycles. The van der Waals surface area contributed by atoms with Crippen molar-refractivity contribution in [3.63, 3.8) is 0 Å². The molecule has 33 heavy (non-hydrogen) atoms. The first kappa shape index (κ1) is 23.2. The zero-order valence-electron chi connectivity index (χ0n) is 19.4. The van der Waals surface area contributed by atoms with Gasteiger partial charge in [0.15, 0.2) is 0 Å². The summed E-state index contributed by atoms with van der Waals surface area (Å²) < 4.78 is 35.7. The molecule has 1 aliphatic rings. The van der Waals surface area contributed by atoms with Gasteiger partial charge in [0, 0.05) is 67.8 Å². The van der Waals surface area contributed by atoms with Crippen molar-refractivity contribution in [1.29, 1.82) is 0 Å². The molecule has 1 saturated heterocycles. The number of halogens is 2. The maximum absolute atomic E-state index is 14.0. The maximum Gasteiger partial charge on any atom is 0.249 e. The van der Waals surface area contributed by atoms with Crippen molar-refractivity contribution >= 4 is 11.5 Å². The summed E-state index contributed by atoms with van der Waals surface area (Å²) in [6.45, 7) is 5.57. The van der Waals surface area contributed by atoms with Gasteiger partial charge in [0.25, 0.3) is 0 Å². The molecule has 0 spiro atoms. The van der Waals surface area contributed by atoms with E-state index in [0.29, 0.717) is 26.3 Å². The van der Waals surface area contributed by atoms with Gasteiger partial charge in [-0.3, -0.25) is 4.68 Å². The Labute approximate surface area is 193 Å². The Morgan fingerprint density at radius 3 is 2.76 bits per heavy atom. The summed E-state index contributed by atoms with van der Waals surface area (Å²) in [6.07, 6.45) is 5.77. The molecule has 0 unspecified atom stereocenters. The highest BCUT2D eigenvalue weighted by Gasteiger charge is 2.33. The van der Waals surface area contributed by atoms with Crippen molar-refractivity contribution in [1.82, 2.24) is 14.8 Å². The van der Waals surface area contributed by atoms with Crippen LogP contribution in [-0.4, -0.2) is 40.5 Å². The predicted octanol–water partition coefficient (Wildman–Crippen LogP) is 5.31. The second kappa shape index (κ2) is 9.87. The van der Waals surface area contributed by atoms with Crippen LogP contribution in [-0.2, 0) is 18.4 Å². The van der Waals surface area contributed by atoms with Gasteiger partial charge >= 0.3 is 0 Å². The normalized spacial score (nSPS) is 16.0. The minimum absolute atomic E-state index is 0.0809. The molecule has 0 radical (unpaired) electrons. The first-order valence-corrected chi connectivity index (χ1v) is 11.3. The molecule has 8 heteroatoms. The molecule has 0 aliphatic carbocycles. The van der Waals surface area contributed by atoms with Crippen LogP contribution in [0.2, 0.25) is 0 Å². The van der Waals surface area contributed by atoms with E-state index >= 15 is 0 Å². The Balaban J connectivity index is 1.57. The van der Waals surface area contributed by atoms with Crippen LogP contribution in [0.3, 0.4) is 0 Å². The number of aromatic nitrogens is 3. The van der Waals surface area contributed by atoms with Crippen LogP contribution in [0, 0.1) is 13.8 Å². The lowest BCUT2D eigenvalue weighted by Crippen LogP contribution is -2.28. The minimum atomic E-state index is -2.62. The maximum atomic E-state index is 14.0. The van der Waals surface area contributed by atoms with E-state index in [0.717, 1.165) is 33.8 Å². The van der Waals surface area contributed by atoms with E-state index in [1.807, 2.05) is 56.4 Å². The Morgan fingerprint density at radius 1 is 1.15 bits per heavy atom. The molecule has 1 fully saturated rings. The van der Waals surface area contributed by atoms with Gasteiger partial charge in [0.2, 0.25) is 5.92 Å². The standard InChI is InChI=1S/C25H31F2N5O/c1-18-6-4-7-21(12-18)29-17-33-16-23-19(2)22(20-13-30-31(3)15-20)14-28-24(23)32-10-5-8-25(26,27)9-11-32/h4,6-7,12-15,29H,5,8-11,16-17H2,1-3H3. The minimum Gasteiger partial charge on any atom is -0.363 e. The van der Waals surface area contributed by atoms with E-state index in [1.54, 1.807) is 10.9 Å². The van der Waals surface area contributed by atoms with Gasteiger partial charge < -0.3 is 15.0 Å². The van der Waals surface area contributed by atoms with Crippen molar-refractivity contribution < 1.29 is 13.5 Å². The molecule has 176 valence electrons. The number of nitrogens with zero attached hydrogens (tertiary/aromatic N) is 4. The molecular formula is C25H31F2N5O. The molecule has 3 heterocycles. The molecular weight excluding hydrogens is 424 g/mol. The third kappa shape index (κ3) is 5.68. The first-order chi connectivity index (χ1) is 15.8. The number of aryl methyl sites for hydroxylation is 2. The van der Waals surface area contributed by atoms with E-state index in [9.17, 15) is 8.78 Å². The van der Waals surface area contributed by atoms with Crippen LogP contribution in [0.1, 0.15) is 36.0 Å². The molecule has 4 rings (SSSR count). The molecule has 2 aromatic heterocycles. The quantitative estimate of drug-likeness (QED) is 0.387. The fourth-order valence-electron chi connectivity index (χ4n) is 4.25. The smallest absolute Gasteiger partial charge is 0.249 e. The average molecular weight is 456 g/mol. The molecule has 1 N–H and O–H groups in total. The van der Waals surface area contributed by atoms with Crippen molar-refractivity contribution in [3.05, 3.63) is 59.5 Å². The summed E-state index contributed by atoms with van der Waals surface area (Å²) in [5.41, 5.74) is 6.05. The second-order valence-electron chi connectivity index (χ2n) is 8.74. The Bertz CT molecular complexity index is 1100. The highest BCUT2D eigenvalue weighted by atomic mass is 19.3. The van der Waals surface area contributed by atoms with Gasteiger partial charge in [-0.2, -0.15) is 5.10 Å². The molecule has 0 saturated carbocycles. The van der Waals surface area contributed by atoms with Crippen molar-refractivity contribution in [2.24, 2.45) is 7.05 Å². The highest BCUT2D eigenvalue weighted by molar-refractivity contribution is 5.70. The van der Waals surface area contributed by atoms with E-state index in [2.05, 4.69) is 16.5 Å². The van der Waals surface area contributed by atoms with Crippen molar-refractivity contribution in [2.75, 3.05) is 30.0 Å². The number of hydrogen-bond donors (Lipinski definition) is 1. The average Bonchev–Trinajstić information content (AvgIpc) is 3.11. The summed E-state index contributed by atoms with van der Waals surface area (Å²) in [6, 6.07) is 8.09. The summed E-state index contributed by atoms with van der Waals surface area (Å²) in [5, 5.41) is 7.55. The van der Waals surface area contributed by atoms with Gasteiger partial charge in [-0.1, -0.05) is 12.1 Å². The molecule has 0 amide bonds. The lowest BCUT2D eigenvalue weighted by Gasteiger charge is -2.26. The number of benzene rings is 1. The lowest BCUT2D eigenvalue weighted by molar-refractivity contribution is -0.0102. The number of alkyl halides is 2. The van der Waals surface area contributed by atoms with E-state index < -0.39 is 5.92 Å². The highest BCUT2D eigenvalue weighted by Crippen LogP contribution is 2.34. The number of rotatable bonds is 7. The number of hydrogen-bond acceptors (Lipinski definition) is 5. The van der Waals surface area contributed by atoms with Crippen molar-refractivity contribution in [2.45, 2.75) is 45.6 Å². The zero-order chi connectivity index (χ0) is 23.4. The second-order valence-corrected chi connectivity index (χ2v) is 8.74. The SMILES string of the molecule is Cc1cccc(NCOCc2c(N3CCCC(F)(F)CC3)ncc(-c3cnn(C)c3)c2C)c1. The van der Waals surface area contributed by atoms with Gasteiger partial charge in [-0.25, -0.2) is 13.8 Å². The van der Waals surface area contributed by atoms with E-state index in [4.69, 9.17) is 9.72 Å². The van der Waals surface area contributed by atoms with Crippen LogP contribution in [0.15, 0.2) is 42.9 Å². The van der Waals surface area contributed by atoms with Gasteiger partial charge in [0.05, 0.1) is 12.8 Å². The Morgan fingerprint density at radius 2 is 2.00 bits per heavy atom. The molecule has 1 aromatic carbocycles. The Kier molecular flexibility index (Phi) is 6.93. The summed E-state index contributed by atoms with van der Waals surface area (Å²) in [4.78, 5) is 6.71. The summed E-state index contributed by atoms with van der Waals surface area (Å²) in [7, 11) is 1.87. The van der Waals surface area contributed by atoms with E-state index in [-0.39, 0.29) is 19.4 Å². The lowest BCUT2D eigenvalue weighted by atomic mass is 10.0.